The van der Waals surface area contributed by atoms with E-state index in [0.717, 1.165) is 5.56 Å². The van der Waals surface area contributed by atoms with Gasteiger partial charge in [-0.05, 0) is 56.0 Å². The highest BCUT2D eigenvalue weighted by molar-refractivity contribution is 5.92. The van der Waals surface area contributed by atoms with Crippen molar-refractivity contribution in [2.75, 3.05) is 6.54 Å². The molecule has 9 heteroatoms. The number of hydrogen-bond donors (Lipinski definition) is 1. The second-order valence-electron chi connectivity index (χ2n) is 8.09. The van der Waals surface area contributed by atoms with Crippen LogP contribution in [-0.4, -0.2) is 47.0 Å². The van der Waals surface area contributed by atoms with Crippen molar-refractivity contribution < 1.29 is 27.8 Å². The minimum Gasteiger partial charge on any atom is -0.487 e. The Morgan fingerprint density at radius 1 is 1.22 bits per heavy atom. The summed E-state index contributed by atoms with van der Waals surface area (Å²) in [4.78, 5) is 29.9. The van der Waals surface area contributed by atoms with Crippen molar-refractivity contribution in [2.24, 2.45) is 5.73 Å². The molecule has 2 atom stereocenters. The number of aromatic nitrogens is 1. The third-order valence-electron chi connectivity index (χ3n) is 5.42. The lowest BCUT2D eigenvalue weighted by Gasteiger charge is -2.23. The molecule has 1 aromatic carbocycles. The number of carbonyl (C=O) groups is 2. The van der Waals surface area contributed by atoms with Gasteiger partial charge in [-0.15, -0.1) is 0 Å². The predicted molar refractivity (Wildman–Crippen MR) is 114 cm³/mol. The highest BCUT2D eigenvalue weighted by Gasteiger charge is 2.35. The van der Waals surface area contributed by atoms with Gasteiger partial charge in [0, 0.05) is 31.6 Å². The van der Waals surface area contributed by atoms with Crippen LogP contribution in [0.5, 0.6) is 11.5 Å². The Kier molecular flexibility index (Phi) is 7.27. The van der Waals surface area contributed by atoms with Crippen LogP contribution in [0.4, 0.5) is 8.78 Å². The number of nitrogens with zero attached hydrogens (tertiary/aromatic N) is 2. The summed E-state index contributed by atoms with van der Waals surface area (Å²) in [5.41, 5.74) is 7.18. The summed E-state index contributed by atoms with van der Waals surface area (Å²) in [7, 11) is 0. The van der Waals surface area contributed by atoms with Crippen LogP contribution in [0.15, 0.2) is 36.5 Å². The van der Waals surface area contributed by atoms with Crippen LogP contribution in [0, 0.1) is 0 Å². The lowest BCUT2D eigenvalue weighted by molar-refractivity contribution is -0.129. The second kappa shape index (κ2) is 9.93. The van der Waals surface area contributed by atoms with Gasteiger partial charge in [-0.1, -0.05) is 12.1 Å². The van der Waals surface area contributed by atoms with Crippen LogP contribution in [0.2, 0.25) is 0 Å². The highest BCUT2D eigenvalue weighted by Crippen LogP contribution is 2.38. The fourth-order valence-corrected chi connectivity index (χ4v) is 4.13. The fourth-order valence-electron chi connectivity index (χ4n) is 4.13. The number of nitrogens with two attached hydrogens (primary N) is 1. The number of amides is 2. The first-order valence-corrected chi connectivity index (χ1v) is 10.4. The van der Waals surface area contributed by atoms with Gasteiger partial charge in [-0.2, -0.15) is 8.78 Å². The summed E-state index contributed by atoms with van der Waals surface area (Å²) in [6.45, 7) is 2.60. The molecule has 1 fully saturated rings. The van der Waals surface area contributed by atoms with Gasteiger partial charge in [0.1, 0.15) is 5.69 Å². The van der Waals surface area contributed by atoms with Crippen molar-refractivity contribution in [3.63, 3.8) is 0 Å². The van der Waals surface area contributed by atoms with E-state index in [1.165, 1.54) is 19.2 Å². The Morgan fingerprint density at radius 2 is 1.97 bits per heavy atom. The van der Waals surface area contributed by atoms with Gasteiger partial charge < -0.3 is 20.1 Å². The average molecular weight is 447 g/mol. The summed E-state index contributed by atoms with van der Waals surface area (Å²) in [5.74, 6) is -0.531. The third-order valence-corrected chi connectivity index (χ3v) is 5.42. The molecule has 0 radical (unpaired) electrons. The molecule has 0 unspecified atom stereocenters. The third kappa shape index (κ3) is 5.52. The zero-order valence-corrected chi connectivity index (χ0v) is 18.3. The molecule has 0 bridgehead atoms. The lowest BCUT2D eigenvalue weighted by atomic mass is 9.93. The molecule has 172 valence electrons. The first kappa shape index (κ1) is 23.4. The molecular weight excluding hydrogens is 420 g/mol. The summed E-state index contributed by atoms with van der Waals surface area (Å²) in [6, 6.07) is 8.23. The second-order valence-corrected chi connectivity index (χ2v) is 8.09. The van der Waals surface area contributed by atoms with Gasteiger partial charge >= 0.3 is 6.61 Å². The number of pyridine rings is 1. The molecule has 1 aliphatic rings. The summed E-state index contributed by atoms with van der Waals surface area (Å²) >= 11 is 0. The van der Waals surface area contributed by atoms with Crippen molar-refractivity contribution >= 4 is 11.8 Å². The zero-order chi connectivity index (χ0) is 23.4. The van der Waals surface area contributed by atoms with Gasteiger partial charge in [-0.3, -0.25) is 14.6 Å². The molecule has 7 nitrogen and oxygen atoms in total. The number of benzene rings is 1. The molecule has 0 saturated carbocycles. The SMILES string of the molecule is CC(=O)N1C[C@H](c2ccc(OC(F)F)c(OC(C)C)c2)C[C@@H]1Cc1cccnc1C(N)=O. The number of primary amides is 1. The van der Waals surface area contributed by atoms with E-state index in [2.05, 4.69) is 9.72 Å². The summed E-state index contributed by atoms with van der Waals surface area (Å²) < 4.78 is 35.8. The zero-order valence-electron chi connectivity index (χ0n) is 18.3. The Morgan fingerprint density at radius 3 is 2.59 bits per heavy atom. The Bertz CT molecular complexity index is 983. The predicted octanol–water partition coefficient (Wildman–Crippen LogP) is 3.52. The van der Waals surface area contributed by atoms with E-state index in [4.69, 9.17) is 10.5 Å². The van der Waals surface area contributed by atoms with E-state index in [1.807, 2.05) is 0 Å². The van der Waals surface area contributed by atoms with Crippen LogP contribution in [0.25, 0.3) is 0 Å². The number of hydrogen-bond acceptors (Lipinski definition) is 5. The minimum atomic E-state index is -2.96. The maximum atomic E-state index is 12.8. The number of rotatable bonds is 8. The monoisotopic (exact) mass is 447 g/mol. The average Bonchev–Trinajstić information content (AvgIpc) is 3.13. The van der Waals surface area contributed by atoms with Crippen LogP contribution >= 0.6 is 0 Å². The standard InChI is InChI=1S/C23H27F2N3O4/c1-13(2)31-20-11-15(6-7-19(20)32-23(24)25)17-10-18(28(12-17)14(3)29)9-16-5-4-8-27-21(16)22(26)30/h4-8,11,13,17-18,23H,9-10,12H2,1-3H3,(H2,26,30)/t17-,18+/m1/s1. The molecule has 2 aromatic rings. The molecule has 1 aromatic heterocycles. The van der Waals surface area contributed by atoms with Crippen molar-refractivity contribution in [1.82, 2.24) is 9.88 Å². The molecule has 2 heterocycles. The van der Waals surface area contributed by atoms with E-state index < -0.39 is 12.5 Å². The van der Waals surface area contributed by atoms with E-state index in [-0.39, 0.29) is 41.2 Å². The lowest BCUT2D eigenvalue weighted by Crippen LogP contribution is -2.35. The molecule has 3 rings (SSSR count). The van der Waals surface area contributed by atoms with Crippen molar-refractivity contribution in [3.05, 3.63) is 53.3 Å². The number of likely N-dealkylation sites (tertiary alicyclic amines) is 1. The first-order valence-electron chi connectivity index (χ1n) is 10.4. The maximum absolute atomic E-state index is 12.8. The summed E-state index contributed by atoms with van der Waals surface area (Å²) in [5, 5.41) is 0. The first-order chi connectivity index (χ1) is 15.2. The van der Waals surface area contributed by atoms with Crippen LogP contribution in [0.1, 0.15) is 54.7 Å². The number of halogens is 2. The molecule has 32 heavy (non-hydrogen) atoms. The van der Waals surface area contributed by atoms with E-state index in [0.29, 0.717) is 24.9 Å². The van der Waals surface area contributed by atoms with Gasteiger partial charge in [-0.25, -0.2) is 0 Å². The quantitative estimate of drug-likeness (QED) is 0.668. The molecule has 0 aliphatic carbocycles. The minimum absolute atomic E-state index is 0.0307. The Hall–Kier alpha value is -3.23. The van der Waals surface area contributed by atoms with Gasteiger partial charge in [0.2, 0.25) is 5.91 Å². The Balaban J connectivity index is 1.87. The molecule has 2 N–H and O–H groups in total. The van der Waals surface area contributed by atoms with Crippen LogP contribution in [0.3, 0.4) is 0 Å². The number of carbonyl (C=O) groups excluding carboxylic acids is 2. The van der Waals surface area contributed by atoms with Crippen molar-refractivity contribution in [1.29, 1.82) is 0 Å². The largest absolute Gasteiger partial charge is 0.487 e. The van der Waals surface area contributed by atoms with Gasteiger partial charge in [0.25, 0.3) is 5.91 Å². The molecule has 2 amide bonds. The van der Waals surface area contributed by atoms with Crippen LogP contribution < -0.4 is 15.2 Å². The maximum Gasteiger partial charge on any atom is 0.387 e. The fraction of sp³-hybridized carbons (Fsp3) is 0.435. The van der Waals surface area contributed by atoms with E-state index in [9.17, 15) is 18.4 Å². The highest BCUT2D eigenvalue weighted by atomic mass is 19.3. The molecule has 1 aliphatic heterocycles. The van der Waals surface area contributed by atoms with E-state index in [1.54, 1.807) is 43.0 Å². The topological polar surface area (TPSA) is 94.8 Å². The molecular formula is C23H27F2N3O4. The number of ether oxygens (including phenoxy) is 2. The molecule has 0 spiro atoms. The normalized spacial score (nSPS) is 18.3. The van der Waals surface area contributed by atoms with Crippen LogP contribution in [-0.2, 0) is 11.2 Å². The smallest absolute Gasteiger partial charge is 0.387 e. The summed E-state index contributed by atoms with van der Waals surface area (Å²) in [6.07, 6.45) is 2.34. The van der Waals surface area contributed by atoms with Gasteiger partial charge in [0.05, 0.1) is 6.10 Å². The number of alkyl halides is 2. The molecule has 1 saturated heterocycles. The van der Waals surface area contributed by atoms with Gasteiger partial charge in [0.15, 0.2) is 11.5 Å². The Labute approximate surface area is 185 Å². The van der Waals surface area contributed by atoms with E-state index >= 15 is 0 Å². The van der Waals surface area contributed by atoms with Crippen molar-refractivity contribution in [2.45, 2.75) is 58.3 Å². The van der Waals surface area contributed by atoms with Crippen molar-refractivity contribution in [3.8, 4) is 11.5 Å².